The van der Waals surface area contributed by atoms with Gasteiger partial charge >= 0.3 is 0 Å². The Morgan fingerprint density at radius 2 is 2.07 bits per heavy atom. The largest absolute Gasteiger partial charge is 0.133 e. The number of thiophene rings is 1. The van der Waals surface area contributed by atoms with Gasteiger partial charge in [-0.2, -0.15) is 0 Å². The van der Waals surface area contributed by atoms with Crippen molar-refractivity contribution in [3.63, 3.8) is 0 Å². The average Bonchev–Trinajstić information content (AvgIpc) is 2.65. The Balaban J connectivity index is 1.78. The molecule has 2 saturated carbocycles. The lowest BCUT2D eigenvalue weighted by molar-refractivity contribution is 0.471. The van der Waals surface area contributed by atoms with Gasteiger partial charge in [-0.05, 0) is 71.5 Å². The van der Waals surface area contributed by atoms with Crippen LogP contribution in [0, 0.1) is 24.7 Å². The van der Waals surface area contributed by atoms with E-state index < -0.39 is 0 Å². The minimum absolute atomic E-state index is 0.250. The second-order valence-corrected chi connectivity index (χ2v) is 8.06. The highest BCUT2D eigenvalue weighted by atomic mass is 79.9. The van der Waals surface area contributed by atoms with Crippen LogP contribution in [0.2, 0.25) is 0 Å². The molecule has 0 spiro atoms. The van der Waals surface area contributed by atoms with Crippen LogP contribution in [-0.2, 0) is 0 Å². The minimum Gasteiger partial charge on any atom is -0.133 e. The molecule has 1 aromatic heterocycles. The maximum Gasteiger partial charge on any atom is 0.0704 e. The predicted octanol–water partition coefficient (Wildman–Crippen LogP) is 5.15. The number of alkyl halides is 1. The summed E-state index contributed by atoms with van der Waals surface area (Å²) in [7, 11) is 0. The topological polar surface area (TPSA) is 0 Å². The van der Waals surface area contributed by atoms with Gasteiger partial charge in [0.25, 0.3) is 0 Å². The maximum absolute atomic E-state index is 6.60. The molecule has 3 heteroatoms. The summed E-state index contributed by atoms with van der Waals surface area (Å²) in [6.45, 7) is 2.18. The first-order valence-corrected chi connectivity index (χ1v) is 7.59. The Hall–Kier alpha value is 0.470. The summed E-state index contributed by atoms with van der Waals surface area (Å²) in [6, 6.07) is 2.21. The van der Waals surface area contributed by atoms with Crippen molar-refractivity contribution in [1.29, 1.82) is 0 Å². The van der Waals surface area contributed by atoms with Gasteiger partial charge in [-0.25, -0.2) is 0 Å². The number of aryl methyl sites for hydroxylation is 1. The van der Waals surface area contributed by atoms with Crippen molar-refractivity contribution in [3.8, 4) is 0 Å². The molecule has 2 fully saturated rings. The summed E-state index contributed by atoms with van der Waals surface area (Å²) < 4.78 is 1.21. The normalized spacial score (nSPS) is 35.3. The monoisotopic (exact) mass is 304 g/mol. The molecule has 82 valence electrons. The lowest BCUT2D eigenvalue weighted by Crippen LogP contribution is -2.06. The SMILES string of the molecule is Cc1sc(Br)cc1C(Cl)C1CC2CC2C1. The number of rotatable bonds is 2. The molecular formula is C12H14BrClS. The van der Waals surface area contributed by atoms with Gasteiger partial charge in [-0.1, -0.05) is 0 Å². The molecule has 0 bridgehead atoms. The molecule has 2 aliphatic rings. The molecule has 3 atom stereocenters. The summed E-state index contributed by atoms with van der Waals surface area (Å²) in [5.74, 6) is 2.79. The quantitative estimate of drug-likeness (QED) is 0.663. The molecule has 15 heavy (non-hydrogen) atoms. The zero-order valence-corrected chi connectivity index (χ0v) is 11.8. The smallest absolute Gasteiger partial charge is 0.0704 e. The van der Waals surface area contributed by atoms with Crippen molar-refractivity contribution in [2.24, 2.45) is 17.8 Å². The highest BCUT2D eigenvalue weighted by Crippen LogP contribution is 2.58. The van der Waals surface area contributed by atoms with E-state index in [1.807, 2.05) is 0 Å². The second-order valence-electron chi connectivity index (χ2n) is 4.95. The van der Waals surface area contributed by atoms with E-state index in [9.17, 15) is 0 Å². The number of fused-ring (bicyclic) bond motifs is 1. The summed E-state index contributed by atoms with van der Waals surface area (Å²) in [5, 5.41) is 0.250. The molecule has 3 unspecified atom stereocenters. The number of hydrogen-bond acceptors (Lipinski definition) is 1. The Labute approximate surface area is 108 Å². The van der Waals surface area contributed by atoms with Gasteiger partial charge in [0.2, 0.25) is 0 Å². The van der Waals surface area contributed by atoms with Crippen molar-refractivity contribution in [2.75, 3.05) is 0 Å². The third-order valence-electron chi connectivity index (χ3n) is 3.92. The fraction of sp³-hybridized carbons (Fsp3) is 0.667. The van der Waals surface area contributed by atoms with Crippen molar-refractivity contribution in [2.45, 2.75) is 31.6 Å². The lowest BCUT2D eigenvalue weighted by Gasteiger charge is -2.18. The van der Waals surface area contributed by atoms with E-state index in [4.69, 9.17) is 11.6 Å². The third kappa shape index (κ3) is 1.89. The summed E-state index contributed by atoms with van der Waals surface area (Å²) in [5.41, 5.74) is 1.36. The third-order valence-corrected chi connectivity index (χ3v) is 6.08. The molecule has 1 aromatic rings. The van der Waals surface area contributed by atoms with E-state index in [0.717, 1.165) is 17.8 Å². The first kappa shape index (κ1) is 10.6. The molecule has 1 heterocycles. The van der Waals surface area contributed by atoms with Gasteiger partial charge in [0.15, 0.2) is 0 Å². The maximum atomic E-state index is 6.60. The molecule has 0 aliphatic heterocycles. The van der Waals surface area contributed by atoms with Crippen LogP contribution in [-0.4, -0.2) is 0 Å². The Morgan fingerprint density at radius 3 is 2.60 bits per heavy atom. The molecular weight excluding hydrogens is 292 g/mol. The predicted molar refractivity (Wildman–Crippen MR) is 69.7 cm³/mol. The van der Waals surface area contributed by atoms with Crippen LogP contribution in [0.3, 0.4) is 0 Å². The van der Waals surface area contributed by atoms with Crippen LogP contribution in [0.5, 0.6) is 0 Å². The standard InChI is InChI=1S/C12H14BrClS/c1-6-10(5-11(13)15-6)12(14)9-3-7-2-8(7)4-9/h5,7-9,12H,2-4H2,1H3. The van der Waals surface area contributed by atoms with Crippen LogP contribution >= 0.6 is 38.9 Å². The van der Waals surface area contributed by atoms with Gasteiger partial charge in [-0.3, -0.25) is 0 Å². The molecule has 2 aliphatic carbocycles. The lowest BCUT2D eigenvalue weighted by atomic mass is 9.94. The zero-order chi connectivity index (χ0) is 10.6. The molecule has 0 aromatic carbocycles. The molecule has 0 radical (unpaired) electrons. The van der Waals surface area contributed by atoms with E-state index in [1.165, 1.54) is 33.5 Å². The van der Waals surface area contributed by atoms with E-state index >= 15 is 0 Å². The molecule has 0 nitrogen and oxygen atoms in total. The van der Waals surface area contributed by atoms with E-state index in [0.29, 0.717) is 0 Å². The fourth-order valence-corrected chi connectivity index (χ4v) is 5.24. The van der Waals surface area contributed by atoms with E-state index in [-0.39, 0.29) is 5.38 Å². The number of hydrogen-bond donors (Lipinski definition) is 0. The van der Waals surface area contributed by atoms with Gasteiger partial charge < -0.3 is 0 Å². The fourth-order valence-electron chi connectivity index (χ4n) is 2.99. The molecule has 0 amide bonds. The average molecular weight is 306 g/mol. The van der Waals surface area contributed by atoms with Gasteiger partial charge in [-0.15, -0.1) is 22.9 Å². The highest BCUT2D eigenvalue weighted by molar-refractivity contribution is 9.11. The van der Waals surface area contributed by atoms with Crippen LogP contribution < -0.4 is 0 Å². The van der Waals surface area contributed by atoms with E-state index in [1.54, 1.807) is 11.3 Å². The molecule has 0 saturated heterocycles. The summed E-state index contributed by atoms with van der Waals surface area (Å²) >= 11 is 11.9. The highest BCUT2D eigenvalue weighted by Gasteiger charge is 2.48. The van der Waals surface area contributed by atoms with Crippen LogP contribution in [0.25, 0.3) is 0 Å². The van der Waals surface area contributed by atoms with Crippen molar-refractivity contribution >= 4 is 38.9 Å². The van der Waals surface area contributed by atoms with Crippen molar-refractivity contribution in [3.05, 3.63) is 20.3 Å². The van der Waals surface area contributed by atoms with Crippen LogP contribution in [0.4, 0.5) is 0 Å². The Kier molecular flexibility index (Phi) is 2.65. The summed E-state index contributed by atoms with van der Waals surface area (Å²) in [6.07, 6.45) is 4.21. The Morgan fingerprint density at radius 1 is 1.40 bits per heavy atom. The van der Waals surface area contributed by atoms with Gasteiger partial charge in [0, 0.05) is 4.88 Å². The van der Waals surface area contributed by atoms with Gasteiger partial charge in [0.1, 0.15) is 0 Å². The number of halogens is 2. The van der Waals surface area contributed by atoms with Gasteiger partial charge in [0.05, 0.1) is 9.16 Å². The van der Waals surface area contributed by atoms with E-state index in [2.05, 4.69) is 28.9 Å². The Bertz CT molecular complexity index is 377. The van der Waals surface area contributed by atoms with Crippen molar-refractivity contribution in [1.82, 2.24) is 0 Å². The van der Waals surface area contributed by atoms with Crippen LogP contribution in [0.1, 0.15) is 35.1 Å². The molecule has 3 rings (SSSR count). The minimum atomic E-state index is 0.250. The zero-order valence-electron chi connectivity index (χ0n) is 8.67. The van der Waals surface area contributed by atoms with Crippen LogP contribution in [0.15, 0.2) is 9.85 Å². The summed E-state index contributed by atoms with van der Waals surface area (Å²) in [4.78, 5) is 1.38. The first-order chi connectivity index (χ1) is 7.15. The molecule has 0 N–H and O–H groups in total. The first-order valence-electron chi connectivity index (χ1n) is 5.55. The van der Waals surface area contributed by atoms with Crippen molar-refractivity contribution < 1.29 is 0 Å². The second kappa shape index (κ2) is 3.75.